The van der Waals surface area contributed by atoms with E-state index in [0.717, 1.165) is 16.0 Å². The zero-order valence-corrected chi connectivity index (χ0v) is 39.9. The molecule has 5 aromatic carbocycles. The molecule has 0 aromatic heterocycles. The second-order valence-electron chi connectivity index (χ2n) is 16.6. The minimum atomic E-state index is -1.17. The van der Waals surface area contributed by atoms with E-state index in [4.69, 9.17) is 18.9 Å². The molecule has 1 unspecified atom stereocenters. The Morgan fingerprint density at radius 3 is 1.91 bits per heavy atom. The largest absolute Gasteiger partial charge is 0.467 e. The third-order valence-electron chi connectivity index (χ3n) is 10.6. The molecule has 0 aliphatic carbocycles. The Morgan fingerprint density at radius 2 is 1.29 bits per heavy atom. The van der Waals surface area contributed by atoms with Gasteiger partial charge in [-0.1, -0.05) is 103 Å². The predicted octanol–water partition coefficient (Wildman–Crippen LogP) is 7.76. The van der Waals surface area contributed by atoms with Gasteiger partial charge in [-0.25, -0.2) is 19.2 Å². The smallest absolute Gasteiger partial charge is 0.407 e. The molecule has 3 N–H and O–H groups in total. The van der Waals surface area contributed by atoms with E-state index >= 15 is 0 Å². The molecule has 0 spiro atoms. The normalized spacial score (nSPS) is 12.0. The number of nitrogens with zero attached hydrogens (tertiary/aromatic N) is 1. The number of rotatable bonds is 20. The number of hydrogen-bond donors (Lipinski definition) is 3. The molecule has 358 valence electrons. The Labute approximate surface area is 400 Å². The van der Waals surface area contributed by atoms with Crippen molar-refractivity contribution in [3.05, 3.63) is 144 Å². The van der Waals surface area contributed by atoms with E-state index in [1.807, 2.05) is 66.9 Å². The topological polar surface area (TPSA) is 196 Å². The van der Waals surface area contributed by atoms with Crippen LogP contribution in [0.25, 0.3) is 10.8 Å². The SMILES string of the molecule is COC(=O)NC(Cc1ccc(N(C(=O)C(=O)OC(C)(C)C)c2ccccc2C(=O)OC(c2ccccc2)c2ccccc2)c2ccccc12)C(=O)NCCCCC(=O)N[C@@H](CCSC)C(=O)OC. The standard InChI is InChI=1S/C52H58N4O11S/c1-52(2,3)67-50(62)47(59)56(42-26-16-15-25-39(42)48(60)66-45(34-19-9-7-10-20-34)35-21-11-8-12-22-35)43-29-28-36(37-23-13-14-24-38(37)43)33-41(55-51(63)65-5)46(58)53-31-18-17-27-44(57)54-40(30-32-68-6)49(61)64-4/h7-16,19-26,28-29,40-41,45H,17-18,27,30-33H2,1-6H3,(H,53,58)(H,54,57)(H,55,63)/t40-,41?/m0/s1. The molecule has 0 bridgehead atoms. The highest BCUT2D eigenvalue weighted by Gasteiger charge is 2.34. The maximum absolute atomic E-state index is 14.6. The first kappa shape index (κ1) is 51.8. The van der Waals surface area contributed by atoms with Crippen LogP contribution in [0.15, 0.2) is 121 Å². The van der Waals surface area contributed by atoms with E-state index in [-0.39, 0.29) is 42.2 Å². The molecule has 0 fully saturated rings. The number of anilines is 2. The zero-order chi connectivity index (χ0) is 49.2. The maximum Gasteiger partial charge on any atom is 0.407 e. The molecule has 15 nitrogen and oxygen atoms in total. The summed E-state index contributed by atoms with van der Waals surface area (Å²) in [6, 6.07) is 33.2. The second kappa shape index (κ2) is 25.1. The highest BCUT2D eigenvalue weighted by Crippen LogP contribution is 2.38. The molecule has 2 atom stereocenters. The van der Waals surface area contributed by atoms with E-state index in [1.54, 1.807) is 87.1 Å². The lowest BCUT2D eigenvalue weighted by Crippen LogP contribution is -2.48. The fraction of sp³-hybridized carbons (Fsp3) is 0.327. The molecular weight excluding hydrogens is 889 g/mol. The lowest BCUT2D eigenvalue weighted by atomic mass is 9.96. The molecule has 0 heterocycles. The van der Waals surface area contributed by atoms with E-state index in [0.29, 0.717) is 41.4 Å². The van der Waals surface area contributed by atoms with E-state index < -0.39 is 59.6 Å². The second-order valence-corrected chi connectivity index (χ2v) is 17.6. The van der Waals surface area contributed by atoms with Gasteiger partial charge in [0.2, 0.25) is 11.8 Å². The number of esters is 3. The molecule has 0 radical (unpaired) electrons. The van der Waals surface area contributed by atoms with Crippen LogP contribution in [0.2, 0.25) is 0 Å². The average Bonchev–Trinajstić information content (AvgIpc) is 3.34. The number of alkyl carbamates (subject to hydrolysis) is 1. The summed E-state index contributed by atoms with van der Waals surface area (Å²) in [6.45, 7) is 5.09. The summed E-state index contributed by atoms with van der Waals surface area (Å²) in [5, 5.41) is 9.19. The summed E-state index contributed by atoms with van der Waals surface area (Å²) in [5.74, 6) is -3.70. The number of amides is 4. The van der Waals surface area contributed by atoms with Gasteiger partial charge < -0.3 is 34.9 Å². The lowest BCUT2D eigenvalue weighted by Gasteiger charge is -2.28. The number of methoxy groups -OCH3 is 2. The summed E-state index contributed by atoms with van der Waals surface area (Å²) in [4.78, 5) is 94.9. The van der Waals surface area contributed by atoms with Crippen molar-refractivity contribution in [2.24, 2.45) is 0 Å². The number of thioether (sulfide) groups is 1. The van der Waals surface area contributed by atoms with Crippen LogP contribution in [-0.4, -0.2) is 92.2 Å². The minimum Gasteiger partial charge on any atom is -0.467 e. The number of ether oxygens (including phenoxy) is 4. The summed E-state index contributed by atoms with van der Waals surface area (Å²) in [5.41, 5.74) is 1.24. The molecule has 0 saturated carbocycles. The van der Waals surface area contributed by atoms with Gasteiger partial charge >= 0.3 is 29.9 Å². The van der Waals surface area contributed by atoms with Crippen LogP contribution in [0, 0.1) is 0 Å². The highest BCUT2D eigenvalue weighted by atomic mass is 32.2. The Bertz CT molecular complexity index is 2510. The van der Waals surface area contributed by atoms with Crippen molar-refractivity contribution in [2.75, 3.05) is 37.7 Å². The van der Waals surface area contributed by atoms with Crippen LogP contribution >= 0.6 is 11.8 Å². The Hall–Kier alpha value is -7.20. The number of benzene rings is 5. The third-order valence-corrected chi connectivity index (χ3v) is 11.2. The number of carbonyl (C=O) groups excluding carboxylic acids is 7. The summed E-state index contributed by atoms with van der Waals surface area (Å²) in [6.07, 6.45) is 1.59. The first-order valence-electron chi connectivity index (χ1n) is 22.1. The van der Waals surface area contributed by atoms with Crippen molar-refractivity contribution in [3.63, 3.8) is 0 Å². The summed E-state index contributed by atoms with van der Waals surface area (Å²) < 4.78 is 21.5. The zero-order valence-electron chi connectivity index (χ0n) is 39.1. The average molecular weight is 947 g/mol. The van der Waals surface area contributed by atoms with Crippen LogP contribution in [0.3, 0.4) is 0 Å². The Kier molecular flexibility index (Phi) is 19.1. The monoisotopic (exact) mass is 946 g/mol. The van der Waals surface area contributed by atoms with Crippen LogP contribution in [0.1, 0.15) is 79.6 Å². The molecule has 68 heavy (non-hydrogen) atoms. The van der Waals surface area contributed by atoms with E-state index in [9.17, 15) is 33.6 Å². The number of para-hydroxylation sites is 1. The number of fused-ring (bicyclic) bond motifs is 1. The fourth-order valence-corrected chi connectivity index (χ4v) is 7.82. The van der Waals surface area contributed by atoms with Gasteiger partial charge in [0.05, 0.1) is 31.2 Å². The van der Waals surface area contributed by atoms with Crippen LogP contribution in [-0.2, 0) is 49.3 Å². The number of hydrogen-bond acceptors (Lipinski definition) is 12. The van der Waals surface area contributed by atoms with Gasteiger partial charge in [-0.15, -0.1) is 0 Å². The molecule has 4 amide bonds. The molecule has 5 aromatic rings. The molecule has 16 heteroatoms. The van der Waals surface area contributed by atoms with Crippen molar-refractivity contribution in [1.29, 1.82) is 0 Å². The lowest BCUT2D eigenvalue weighted by molar-refractivity contribution is -0.162. The molecule has 0 aliphatic rings. The van der Waals surface area contributed by atoms with Gasteiger partial charge in [-0.05, 0) is 92.3 Å². The van der Waals surface area contributed by atoms with Crippen molar-refractivity contribution >= 4 is 75.6 Å². The molecule has 0 aliphatic heterocycles. The van der Waals surface area contributed by atoms with Gasteiger partial charge in [-0.3, -0.25) is 19.3 Å². The predicted molar refractivity (Wildman–Crippen MR) is 260 cm³/mol. The van der Waals surface area contributed by atoms with Crippen molar-refractivity contribution in [2.45, 2.75) is 76.7 Å². The van der Waals surface area contributed by atoms with Crippen molar-refractivity contribution < 1.29 is 52.5 Å². The van der Waals surface area contributed by atoms with E-state index in [1.165, 1.54) is 20.3 Å². The van der Waals surface area contributed by atoms with E-state index in [2.05, 4.69) is 16.0 Å². The Balaban J connectivity index is 1.45. The number of unbranched alkanes of at least 4 members (excludes halogenated alkanes) is 1. The maximum atomic E-state index is 14.6. The van der Waals surface area contributed by atoms with Gasteiger partial charge in [0.15, 0.2) is 6.10 Å². The van der Waals surface area contributed by atoms with Gasteiger partial charge in [-0.2, -0.15) is 11.8 Å². The first-order chi connectivity index (χ1) is 32.6. The fourth-order valence-electron chi connectivity index (χ4n) is 7.35. The van der Waals surface area contributed by atoms with Crippen LogP contribution < -0.4 is 20.9 Å². The first-order valence-corrected chi connectivity index (χ1v) is 23.5. The van der Waals surface area contributed by atoms with Gasteiger partial charge in [0.1, 0.15) is 17.7 Å². The summed E-state index contributed by atoms with van der Waals surface area (Å²) >= 11 is 1.55. The van der Waals surface area contributed by atoms with Crippen LogP contribution in [0.5, 0.6) is 0 Å². The third kappa shape index (κ3) is 14.4. The van der Waals surface area contributed by atoms with Crippen molar-refractivity contribution in [1.82, 2.24) is 16.0 Å². The highest BCUT2D eigenvalue weighted by molar-refractivity contribution is 7.98. The Morgan fingerprint density at radius 1 is 0.676 bits per heavy atom. The molecule has 5 rings (SSSR count). The van der Waals surface area contributed by atoms with Crippen molar-refractivity contribution in [3.8, 4) is 0 Å². The van der Waals surface area contributed by atoms with Gasteiger partial charge in [0.25, 0.3) is 0 Å². The molecule has 0 saturated heterocycles. The minimum absolute atomic E-state index is 0.00869. The number of nitrogens with one attached hydrogen (secondary N) is 3. The molecular formula is C52H58N4O11S. The van der Waals surface area contributed by atoms with Gasteiger partial charge in [0, 0.05) is 24.8 Å². The quantitative estimate of drug-likeness (QED) is 0.0298. The number of carbonyl (C=O) groups is 7. The van der Waals surface area contributed by atoms with Crippen LogP contribution in [0.4, 0.5) is 16.2 Å². The summed E-state index contributed by atoms with van der Waals surface area (Å²) in [7, 11) is 2.45.